The van der Waals surface area contributed by atoms with Crippen LogP contribution in [0, 0.1) is 17.8 Å². The lowest BCUT2D eigenvalue weighted by molar-refractivity contribution is -0.122. The second-order valence-corrected chi connectivity index (χ2v) is 9.07. The van der Waals surface area contributed by atoms with Gasteiger partial charge in [-0.15, -0.1) is 0 Å². The molecule has 1 aromatic heterocycles. The predicted octanol–water partition coefficient (Wildman–Crippen LogP) is 2.63. The third-order valence-corrected chi connectivity index (χ3v) is 6.39. The van der Waals surface area contributed by atoms with Gasteiger partial charge in [-0.2, -0.15) is 0 Å². The molecule has 1 saturated carbocycles. The summed E-state index contributed by atoms with van der Waals surface area (Å²) < 4.78 is 5.65. The average molecular weight is 391 g/mol. The number of hydrogen-bond acceptors (Lipinski definition) is 5. The minimum atomic E-state index is 0.178. The van der Waals surface area contributed by atoms with Crippen LogP contribution in [0.1, 0.15) is 56.4 Å². The van der Waals surface area contributed by atoms with E-state index < -0.39 is 0 Å². The van der Waals surface area contributed by atoms with E-state index in [0.717, 1.165) is 62.8 Å². The van der Waals surface area contributed by atoms with Crippen LogP contribution in [-0.4, -0.2) is 56.2 Å². The van der Waals surface area contributed by atoms with E-state index in [9.17, 15) is 4.79 Å². The minimum absolute atomic E-state index is 0.178. The summed E-state index contributed by atoms with van der Waals surface area (Å²) in [6.45, 7) is 3.55. The van der Waals surface area contributed by atoms with Crippen LogP contribution in [0.3, 0.4) is 0 Å². The molecular weight excluding hydrogens is 352 g/mol. The van der Waals surface area contributed by atoms with Gasteiger partial charge in [0.2, 0.25) is 5.91 Å². The van der Waals surface area contributed by atoms with Gasteiger partial charge in [-0.3, -0.25) is 4.79 Å². The Kier molecular flexibility index (Phi) is 8.34. The van der Waals surface area contributed by atoms with E-state index in [2.05, 4.69) is 26.8 Å². The molecule has 2 aliphatic rings. The molecule has 2 fully saturated rings. The van der Waals surface area contributed by atoms with Gasteiger partial charge in [0.25, 0.3) is 0 Å². The lowest BCUT2D eigenvalue weighted by Crippen LogP contribution is -2.41. The molecule has 1 amide bonds. The molecule has 0 unspecified atom stereocenters. The lowest BCUT2D eigenvalue weighted by Gasteiger charge is -2.31. The Labute approximate surface area is 169 Å². The molecular formula is C22H38N4O2. The standard InChI is InChI=1S/C22H38N4O2/c1-26(2)11-10-24-22(27)14-18-8-9-23-16-19(18)13-20-15-21(28-25-20)12-17-6-4-3-5-7-17/h15,17-19,23H,3-14,16H2,1-2H3,(H,24,27)/t18-,19+/m1/s1. The van der Waals surface area contributed by atoms with Crippen molar-refractivity contribution in [1.29, 1.82) is 0 Å². The third-order valence-electron chi connectivity index (χ3n) is 6.39. The van der Waals surface area contributed by atoms with E-state index in [-0.39, 0.29) is 5.91 Å². The number of amides is 1. The molecule has 158 valence electrons. The van der Waals surface area contributed by atoms with Gasteiger partial charge in [-0.25, -0.2) is 0 Å². The van der Waals surface area contributed by atoms with E-state index in [1.807, 2.05) is 14.1 Å². The van der Waals surface area contributed by atoms with E-state index in [1.165, 1.54) is 32.1 Å². The van der Waals surface area contributed by atoms with Crippen molar-refractivity contribution in [2.45, 2.75) is 57.8 Å². The topological polar surface area (TPSA) is 70.4 Å². The quantitative estimate of drug-likeness (QED) is 0.678. The molecule has 2 heterocycles. The molecule has 2 atom stereocenters. The van der Waals surface area contributed by atoms with E-state index >= 15 is 0 Å². The highest BCUT2D eigenvalue weighted by atomic mass is 16.5. The summed E-state index contributed by atoms with van der Waals surface area (Å²) in [5.41, 5.74) is 1.05. The smallest absolute Gasteiger partial charge is 0.220 e. The highest BCUT2D eigenvalue weighted by molar-refractivity contribution is 5.76. The summed E-state index contributed by atoms with van der Waals surface area (Å²) in [4.78, 5) is 14.4. The highest BCUT2D eigenvalue weighted by Crippen LogP contribution is 2.29. The van der Waals surface area contributed by atoms with Gasteiger partial charge in [0, 0.05) is 32.0 Å². The number of carbonyl (C=O) groups excluding carboxylic acids is 1. The largest absolute Gasteiger partial charge is 0.361 e. The lowest BCUT2D eigenvalue weighted by atomic mass is 9.81. The number of likely N-dealkylation sites (N-methyl/N-ethyl adjacent to an activating group) is 1. The van der Waals surface area contributed by atoms with E-state index in [0.29, 0.717) is 18.3 Å². The maximum atomic E-state index is 12.3. The first-order valence-electron chi connectivity index (χ1n) is 11.2. The fourth-order valence-corrected chi connectivity index (χ4v) is 4.71. The van der Waals surface area contributed by atoms with Crippen molar-refractivity contribution in [3.05, 3.63) is 17.5 Å². The summed E-state index contributed by atoms with van der Waals surface area (Å²) in [5, 5.41) is 10.9. The zero-order chi connectivity index (χ0) is 19.8. The molecule has 1 aliphatic carbocycles. The number of hydrogen-bond donors (Lipinski definition) is 2. The first-order chi connectivity index (χ1) is 13.6. The van der Waals surface area contributed by atoms with Gasteiger partial charge < -0.3 is 20.1 Å². The van der Waals surface area contributed by atoms with Gasteiger partial charge in [-0.05, 0) is 57.8 Å². The predicted molar refractivity (Wildman–Crippen MR) is 111 cm³/mol. The molecule has 0 aromatic carbocycles. The normalized spacial score (nSPS) is 23.8. The van der Waals surface area contributed by atoms with Crippen molar-refractivity contribution in [2.24, 2.45) is 17.8 Å². The maximum absolute atomic E-state index is 12.3. The van der Waals surface area contributed by atoms with Crippen LogP contribution in [0.5, 0.6) is 0 Å². The Balaban J connectivity index is 1.48. The van der Waals surface area contributed by atoms with Crippen molar-refractivity contribution in [3.8, 4) is 0 Å². The van der Waals surface area contributed by atoms with Gasteiger partial charge in [0.05, 0.1) is 5.69 Å². The molecule has 0 radical (unpaired) electrons. The van der Waals surface area contributed by atoms with Crippen LogP contribution >= 0.6 is 0 Å². The van der Waals surface area contributed by atoms with Crippen molar-refractivity contribution >= 4 is 5.91 Å². The molecule has 0 spiro atoms. The monoisotopic (exact) mass is 390 g/mol. The number of nitrogens with one attached hydrogen (secondary N) is 2. The number of aromatic nitrogens is 1. The average Bonchev–Trinajstić information content (AvgIpc) is 3.11. The number of carbonyl (C=O) groups is 1. The number of nitrogens with zero attached hydrogens (tertiary/aromatic N) is 2. The second kappa shape index (κ2) is 11.0. The molecule has 28 heavy (non-hydrogen) atoms. The Hall–Kier alpha value is -1.40. The molecule has 0 bridgehead atoms. The SMILES string of the molecule is CN(C)CCNC(=O)C[C@H]1CCNC[C@@H]1Cc1cc(CC2CCCCC2)on1. The van der Waals surface area contributed by atoms with Crippen LogP contribution in [0.25, 0.3) is 0 Å². The first-order valence-corrected chi connectivity index (χ1v) is 11.2. The first kappa shape index (κ1) is 21.3. The molecule has 2 N–H and O–H groups in total. The minimum Gasteiger partial charge on any atom is -0.361 e. The van der Waals surface area contributed by atoms with E-state index in [1.54, 1.807) is 0 Å². The van der Waals surface area contributed by atoms with Crippen molar-refractivity contribution in [1.82, 2.24) is 20.7 Å². The van der Waals surface area contributed by atoms with Crippen LogP contribution < -0.4 is 10.6 Å². The Bertz CT molecular complexity index is 595. The summed E-state index contributed by atoms with van der Waals surface area (Å²) in [5.74, 6) is 2.85. The van der Waals surface area contributed by atoms with Crippen molar-refractivity contribution in [2.75, 3.05) is 40.3 Å². The zero-order valence-electron chi connectivity index (χ0n) is 17.7. The van der Waals surface area contributed by atoms with Crippen LogP contribution in [0.2, 0.25) is 0 Å². The molecule has 6 heteroatoms. The van der Waals surface area contributed by atoms with E-state index in [4.69, 9.17) is 4.52 Å². The van der Waals surface area contributed by atoms with Crippen LogP contribution in [0.15, 0.2) is 10.6 Å². The summed E-state index contributed by atoms with van der Waals surface area (Å²) in [6.07, 6.45) is 10.4. The van der Waals surface area contributed by atoms with Gasteiger partial charge >= 0.3 is 0 Å². The number of piperidine rings is 1. The highest BCUT2D eigenvalue weighted by Gasteiger charge is 2.28. The molecule has 6 nitrogen and oxygen atoms in total. The summed E-state index contributed by atoms with van der Waals surface area (Å²) in [7, 11) is 4.05. The third kappa shape index (κ3) is 6.89. The van der Waals surface area contributed by atoms with Crippen LogP contribution in [-0.2, 0) is 17.6 Å². The Morgan fingerprint density at radius 2 is 2.04 bits per heavy atom. The van der Waals surface area contributed by atoms with Crippen LogP contribution in [0.4, 0.5) is 0 Å². The zero-order valence-corrected chi connectivity index (χ0v) is 17.7. The van der Waals surface area contributed by atoms with Gasteiger partial charge in [0.15, 0.2) is 0 Å². The molecule has 1 saturated heterocycles. The Morgan fingerprint density at radius 3 is 2.82 bits per heavy atom. The van der Waals surface area contributed by atoms with Gasteiger partial charge in [0.1, 0.15) is 5.76 Å². The fraction of sp³-hybridized carbons (Fsp3) is 0.818. The second-order valence-electron chi connectivity index (χ2n) is 9.07. The summed E-state index contributed by atoms with van der Waals surface area (Å²) in [6, 6.07) is 2.16. The Morgan fingerprint density at radius 1 is 1.21 bits per heavy atom. The molecule has 3 rings (SSSR count). The summed E-state index contributed by atoms with van der Waals surface area (Å²) >= 11 is 0. The number of rotatable bonds is 9. The van der Waals surface area contributed by atoms with Crippen molar-refractivity contribution < 1.29 is 9.32 Å². The maximum Gasteiger partial charge on any atom is 0.220 e. The fourth-order valence-electron chi connectivity index (χ4n) is 4.71. The van der Waals surface area contributed by atoms with Crippen molar-refractivity contribution in [3.63, 3.8) is 0 Å². The molecule has 1 aromatic rings. The van der Waals surface area contributed by atoms with Gasteiger partial charge in [-0.1, -0.05) is 37.3 Å². The molecule has 1 aliphatic heterocycles.